The van der Waals surface area contributed by atoms with E-state index in [0.717, 1.165) is 24.4 Å². The molecule has 120 valence electrons. The molecule has 0 bridgehead atoms. The van der Waals surface area contributed by atoms with Gasteiger partial charge < -0.3 is 10.2 Å². The highest BCUT2D eigenvalue weighted by atomic mass is 32.2. The van der Waals surface area contributed by atoms with Gasteiger partial charge in [-0.1, -0.05) is 26.8 Å². The summed E-state index contributed by atoms with van der Waals surface area (Å²) in [6.45, 7) is 7.88. The van der Waals surface area contributed by atoms with Gasteiger partial charge in [0.25, 0.3) is 5.91 Å². The van der Waals surface area contributed by atoms with Gasteiger partial charge in [0, 0.05) is 41.3 Å². The zero-order chi connectivity index (χ0) is 16.2. The third-order valence-electron chi connectivity index (χ3n) is 3.42. The van der Waals surface area contributed by atoms with Crippen molar-refractivity contribution in [2.45, 2.75) is 38.4 Å². The van der Waals surface area contributed by atoms with Crippen LogP contribution in [0.4, 0.5) is 5.69 Å². The Bertz CT molecular complexity index is 552. The van der Waals surface area contributed by atoms with Crippen molar-refractivity contribution >= 4 is 29.3 Å². The molecule has 0 atom stereocenters. The number of hydrogen-bond acceptors (Lipinski definition) is 3. The van der Waals surface area contributed by atoms with Crippen molar-refractivity contribution < 1.29 is 9.59 Å². The number of nitrogens with one attached hydrogen (secondary N) is 1. The third kappa shape index (κ3) is 4.77. The van der Waals surface area contributed by atoms with Crippen molar-refractivity contribution in [3.05, 3.63) is 29.8 Å². The average molecular weight is 320 g/mol. The Morgan fingerprint density at radius 1 is 1.36 bits per heavy atom. The Labute approximate surface area is 136 Å². The molecule has 1 saturated heterocycles. The molecule has 0 radical (unpaired) electrons. The molecule has 1 aromatic rings. The van der Waals surface area contributed by atoms with E-state index in [1.165, 1.54) is 0 Å². The maximum absolute atomic E-state index is 12.2. The lowest BCUT2D eigenvalue weighted by atomic mass is 10.1. The summed E-state index contributed by atoms with van der Waals surface area (Å²) in [6, 6.07) is 7.31. The van der Waals surface area contributed by atoms with Gasteiger partial charge in [-0.2, -0.15) is 11.8 Å². The molecule has 2 amide bonds. The topological polar surface area (TPSA) is 49.4 Å². The molecule has 0 unspecified atom stereocenters. The summed E-state index contributed by atoms with van der Waals surface area (Å²) in [5.41, 5.74) is 1.43. The molecule has 1 aliphatic rings. The van der Waals surface area contributed by atoms with E-state index in [0.29, 0.717) is 18.5 Å². The molecule has 22 heavy (non-hydrogen) atoms. The first-order valence-electron chi connectivity index (χ1n) is 7.69. The summed E-state index contributed by atoms with van der Waals surface area (Å²) in [6.07, 6.45) is 1.49. The predicted molar refractivity (Wildman–Crippen MR) is 92.6 cm³/mol. The fourth-order valence-electron chi connectivity index (χ4n) is 2.36. The van der Waals surface area contributed by atoms with Gasteiger partial charge in [-0.25, -0.2) is 0 Å². The number of thioether (sulfide) groups is 1. The van der Waals surface area contributed by atoms with E-state index in [1.54, 1.807) is 17.0 Å². The average Bonchev–Trinajstić information content (AvgIpc) is 2.89. The van der Waals surface area contributed by atoms with E-state index in [-0.39, 0.29) is 16.6 Å². The van der Waals surface area contributed by atoms with E-state index < -0.39 is 0 Å². The molecule has 1 N–H and O–H groups in total. The second-order valence-corrected chi connectivity index (χ2v) is 8.34. The summed E-state index contributed by atoms with van der Waals surface area (Å²) >= 11 is 1.83. The van der Waals surface area contributed by atoms with Crippen LogP contribution in [0.5, 0.6) is 0 Å². The number of hydrogen-bond donors (Lipinski definition) is 1. The molecule has 0 spiro atoms. The van der Waals surface area contributed by atoms with Crippen LogP contribution < -0.4 is 10.2 Å². The van der Waals surface area contributed by atoms with E-state index in [9.17, 15) is 9.59 Å². The van der Waals surface area contributed by atoms with E-state index >= 15 is 0 Å². The van der Waals surface area contributed by atoms with Crippen LogP contribution in [0.3, 0.4) is 0 Å². The normalized spacial score (nSPS) is 15.2. The van der Waals surface area contributed by atoms with E-state index in [1.807, 2.05) is 23.9 Å². The van der Waals surface area contributed by atoms with Gasteiger partial charge in [0.1, 0.15) is 0 Å². The Morgan fingerprint density at radius 3 is 2.77 bits per heavy atom. The number of rotatable bonds is 5. The monoisotopic (exact) mass is 320 g/mol. The quantitative estimate of drug-likeness (QED) is 0.848. The Balaban J connectivity index is 1.91. The highest BCUT2D eigenvalue weighted by Crippen LogP contribution is 2.23. The van der Waals surface area contributed by atoms with Gasteiger partial charge in [-0.05, 0) is 24.6 Å². The Hall–Kier alpha value is -1.49. The second-order valence-electron chi connectivity index (χ2n) is 6.42. The van der Waals surface area contributed by atoms with Crippen molar-refractivity contribution in [3.63, 3.8) is 0 Å². The molecule has 0 aromatic heterocycles. The maximum atomic E-state index is 12.2. The molecule has 0 aliphatic carbocycles. The zero-order valence-electron chi connectivity index (χ0n) is 13.5. The second kappa shape index (κ2) is 7.18. The van der Waals surface area contributed by atoms with Crippen LogP contribution in [-0.2, 0) is 4.79 Å². The molecular weight excluding hydrogens is 296 g/mol. The summed E-state index contributed by atoms with van der Waals surface area (Å²) in [4.78, 5) is 25.7. The molecule has 1 fully saturated rings. The SMILES string of the molecule is CC(C)(C)SCCNC(=O)c1cccc(N2CCCC2=O)c1. The molecule has 1 aliphatic heterocycles. The number of nitrogens with zero attached hydrogens (tertiary/aromatic N) is 1. The largest absolute Gasteiger partial charge is 0.351 e. The predicted octanol–water partition coefficient (Wildman–Crippen LogP) is 3.07. The van der Waals surface area contributed by atoms with Gasteiger partial charge in [0.05, 0.1) is 0 Å². The molecular formula is C17H24N2O2S. The number of benzene rings is 1. The lowest BCUT2D eigenvalue weighted by molar-refractivity contribution is -0.117. The fraction of sp³-hybridized carbons (Fsp3) is 0.529. The number of carbonyl (C=O) groups excluding carboxylic acids is 2. The summed E-state index contributed by atoms with van der Waals surface area (Å²) < 4.78 is 0.209. The summed E-state index contributed by atoms with van der Waals surface area (Å²) in [5, 5.41) is 2.94. The molecule has 1 heterocycles. The van der Waals surface area contributed by atoms with Gasteiger partial charge in [0.2, 0.25) is 5.91 Å². The third-order valence-corrected chi connectivity index (χ3v) is 4.69. The van der Waals surface area contributed by atoms with Crippen molar-refractivity contribution in [1.82, 2.24) is 5.32 Å². The fourth-order valence-corrected chi connectivity index (χ4v) is 3.18. The molecule has 2 rings (SSSR count). The van der Waals surface area contributed by atoms with Crippen LogP contribution in [0.15, 0.2) is 24.3 Å². The van der Waals surface area contributed by atoms with Crippen LogP contribution >= 0.6 is 11.8 Å². The number of anilines is 1. The van der Waals surface area contributed by atoms with Gasteiger partial charge >= 0.3 is 0 Å². The van der Waals surface area contributed by atoms with Crippen molar-refractivity contribution in [3.8, 4) is 0 Å². The lowest BCUT2D eigenvalue weighted by Crippen LogP contribution is -2.28. The van der Waals surface area contributed by atoms with E-state index in [4.69, 9.17) is 0 Å². The maximum Gasteiger partial charge on any atom is 0.251 e. The lowest BCUT2D eigenvalue weighted by Gasteiger charge is -2.18. The minimum absolute atomic E-state index is 0.0806. The van der Waals surface area contributed by atoms with Crippen LogP contribution in [0.25, 0.3) is 0 Å². The van der Waals surface area contributed by atoms with Crippen molar-refractivity contribution in [2.24, 2.45) is 0 Å². The number of amides is 2. The number of carbonyl (C=O) groups is 2. The molecule has 0 saturated carbocycles. The summed E-state index contributed by atoms with van der Waals surface area (Å²) in [5.74, 6) is 0.946. The smallest absolute Gasteiger partial charge is 0.251 e. The van der Waals surface area contributed by atoms with E-state index in [2.05, 4.69) is 26.1 Å². The Kier molecular flexibility index (Phi) is 5.51. The van der Waals surface area contributed by atoms with Crippen LogP contribution in [0.1, 0.15) is 44.0 Å². The first kappa shape index (κ1) is 16.9. The molecule has 4 nitrogen and oxygen atoms in total. The standard InChI is InChI=1S/C17H24N2O2S/c1-17(2,3)22-11-9-18-16(21)13-6-4-7-14(12-13)19-10-5-8-15(19)20/h4,6-7,12H,5,8-11H2,1-3H3,(H,18,21). The van der Waals surface area contributed by atoms with Crippen molar-refractivity contribution in [2.75, 3.05) is 23.7 Å². The Morgan fingerprint density at radius 2 is 2.14 bits per heavy atom. The minimum atomic E-state index is -0.0806. The summed E-state index contributed by atoms with van der Waals surface area (Å²) in [7, 11) is 0. The molecule has 5 heteroatoms. The highest BCUT2D eigenvalue weighted by molar-refractivity contribution is 8.00. The first-order chi connectivity index (χ1) is 10.4. The van der Waals surface area contributed by atoms with Gasteiger partial charge in [-0.3, -0.25) is 9.59 Å². The zero-order valence-corrected chi connectivity index (χ0v) is 14.3. The minimum Gasteiger partial charge on any atom is -0.351 e. The van der Waals surface area contributed by atoms with Crippen LogP contribution in [0, 0.1) is 0 Å². The highest BCUT2D eigenvalue weighted by Gasteiger charge is 2.22. The first-order valence-corrected chi connectivity index (χ1v) is 8.68. The van der Waals surface area contributed by atoms with Crippen LogP contribution in [0.2, 0.25) is 0 Å². The van der Waals surface area contributed by atoms with Gasteiger partial charge in [0.15, 0.2) is 0 Å². The molecule has 1 aromatic carbocycles. The van der Waals surface area contributed by atoms with Crippen molar-refractivity contribution in [1.29, 1.82) is 0 Å². The van der Waals surface area contributed by atoms with Crippen LogP contribution in [-0.4, -0.2) is 35.4 Å². The van der Waals surface area contributed by atoms with Gasteiger partial charge in [-0.15, -0.1) is 0 Å².